The Morgan fingerprint density at radius 3 is 1.37 bits per heavy atom. The van der Waals surface area contributed by atoms with Crippen LogP contribution in [0.15, 0.2) is 106 Å². The Hall–Kier alpha value is -7.03. The molecule has 2 heterocycles. The van der Waals surface area contributed by atoms with Gasteiger partial charge in [-0.2, -0.15) is 8.78 Å². The van der Waals surface area contributed by atoms with E-state index in [1.54, 1.807) is 34.6 Å². The predicted octanol–water partition coefficient (Wildman–Crippen LogP) is 21.7. The summed E-state index contributed by atoms with van der Waals surface area (Å²) < 4.78 is 101. The molecule has 2 aliphatic heterocycles. The van der Waals surface area contributed by atoms with Crippen LogP contribution in [0, 0.1) is 80.8 Å². The Morgan fingerprint density at radius 1 is 0.541 bits per heavy atom. The third kappa shape index (κ3) is 28.7. The van der Waals surface area contributed by atoms with E-state index in [0.29, 0.717) is 62.4 Å². The highest BCUT2D eigenvalue weighted by molar-refractivity contribution is 7.97. The molecule has 10 bridgehead atoms. The molecule has 10 saturated carbocycles. The Morgan fingerprint density at radius 2 is 0.967 bits per heavy atom. The second-order valence-electron chi connectivity index (χ2n) is 35.0. The number of rotatable bonds is 24. The number of carbonyl (C=O) groups is 9. The van der Waals surface area contributed by atoms with Gasteiger partial charge in [0.05, 0.1) is 56.6 Å². The number of carbonyl (C=O) groups excluding carboxylic acids is 9. The van der Waals surface area contributed by atoms with Crippen LogP contribution in [0.2, 0.25) is 0 Å². The van der Waals surface area contributed by atoms with Crippen LogP contribution >= 0.6 is 0 Å². The highest BCUT2D eigenvalue weighted by Crippen LogP contribution is 2.62. The van der Waals surface area contributed by atoms with Gasteiger partial charge in [0.1, 0.15) is 23.4 Å². The largest absolute Gasteiger partial charge is 0.743 e. The SMILES string of the molecule is C.C.C.C.C.C.C.C.C.C.CCC(C)(C)C(=O)OC1(CC)C2CC3CC(C2)CC1C3.CCC(C)(C)C(=O)OC12CC3CC(CC(O)(C3)C1)C2.CCC(C)(C)C(=O)OC1CCOC1=O.CCC(C)(C)C(=O)OCC(=O)OC1C2CC3C(=O)OC1C3C2.CCC(C)C(=O)OCOC(=O)C(F)(F)S(=O)(=O)[O-].c1ccc([S+](c2ccccc2)c2ccccc2)cc1. The molecule has 10 aliphatic carbocycles. The fourth-order valence-corrected chi connectivity index (χ4v) is 19.8. The maximum Gasteiger partial charge on any atom is 0.429 e. The summed E-state index contributed by atoms with van der Waals surface area (Å²) in [5.41, 5.74) is -2.92. The van der Waals surface area contributed by atoms with Crippen molar-refractivity contribution in [2.75, 3.05) is 20.0 Å². The monoisotopic (exact) mass is 1770 g/mol. The lowest BCUT2D eigenvalue weighted by molar-refractivity contribution is -0.225. The minimum atomic E-state index is -6.17. The van der Waals surface area contributed by atoms with Crippen LogP contribution in [0.3, 0.4) is 0 Å². The molecule has 12 fully saturated rings. The van der Waals surface area contributed by atoms with Gasteiger partial charge in [0.2, 0.25) is 12.9 Å². The van der Waals surface area contributed by atoms with Crippen molar-refractivity contribution in [1.82, 2.24) is 0 Å². The van der Waals surface area contributed by atoms with Crippen molar-refractivity contribution >= 4 is 74.7 Å². The minimum absolute atomic E-state index is 0. The summed E-state index contributed by atoms with van der Waals surface area (Å²) in [4.78, 5) is 109. The zero-order valence-corrected chi connectivity index (χ0v) is 69.7. The zero-order valence-electron chi connectivity index (χ0n) is 68.0. The molecule has 122 heavy (non-hydrogen) atoms. The molecule has 9 unspecified atom stereocenters. The Labute approximate surface area is 736 Å². The topological polar surface area (TPSA) is 314 Å². The number of esters is 9. The van der Waals surface area contributed by atoms with E-state index < -0.39 is 85.9 Å². The van der Waals surface area contributed by atoms with E-state index >= 15 is 0 Å². The number of hydrogen-bond donors (Lipinski definition) is 1. The van der Waals surface area contributed by atoms with Crippen LogP contribution in [-0.2, 0) is 107 Å². The normalized spacial score (nSPS) is 26.5. The average molecular weight is 1770 g/mol. The quantitative estimate of drug-likeness (QED) is 0.0286. The second kappa shape index (κ2) is 49.2. The smallest absolute Gasteiger partial charge is 0.429 e. The lowest BCUT2D eigenvalue weighted by Crippen LogP contribution is -2.61. The summed E-state index contributed by atoms with van der Waals surface area (Å²) >= 11 is 0. The van der Waals surface area contributed by atoms with E-state index in [4.69, 9.17) is 33.2 Å². The Kier molecular flexibility index (Phi) is 48.0. The van der Waals surface area contributed by atoms with Crippen LogP contribution in [0.4, 0.5) is 8.78 Å². The first kappa shape index (κ1) is 119. The molecule has 26 heteroatoms. The fraction of sp³-hybridized carbons (Fsp3) is 0.719. The van der Waals surface area contributed by atoms with Gasteiger partial charge >= 0.3 is 59.0 Å². The molecule has 0 aromatic heterocycles. The number of aliphatic hydroxyl groups is 1. The molecule has 702 valence electrons. The summed E-state index contributed by atoms with van der Waals surface area (Å²) in [6, 6.07) is 32.2. The predicted molar refractivity (Wildman–Crippen MR) is 477 cm³/mol. The molecule has 2 saturated heterocycles. The zero-order chi connectivity index (χ0) is 82.7. The minimum Gasteiger partial charge on any atom is -0.743 e. The Balaban J connectivity index is -0.00000138. The van der Waals surface area contributed by atoms with E-state index in [-0.39, 0.29) is 162 Å². The van der Waals surface area contributed by atoms with Crippen LogP contribution in [0.25, 0.3) is 0 Å². The second-order valence-corrected chi connectivity index (χ2v) is 38.5. The molecule has 1 N–H and O–H groups in total. The van der Waals surface area contributed by atoms with Gasteiger partial charge in [0, 0.05) is 24.7 Å². The molecule has 9 atom stereocenters. The number of benzene rings is 3. The highest BCUT2D eigenvalue weighted by Gasteiger charge is 2.64. The van der Waals surface area contributed by atoms with Gasteiger partial charge < -0.3 is 52.3 Å². The molecule has 3 aromatic carbocycles. The maximum absolute atomic E-state index is 12.6. The summed E-state index contributed by atoms with van der Waals surface area (Å²) in [5, 5.41) is 5.44. The van der Waals surface area contributed by atoms with Crippen LogP contribution in [0.5, 0.6) is 0 Å². The van der Waals surface area contributed by atoms with Crippen molar-refractivity contribution in [1.29, 1.82) is 0 Å². The van der Waals surface area contributed by atoms with Crippen molar-refractivity contribution in [3.63, 3.8) is 0 Å². The lowest BCUT2D eigenvalue weighted by Gasteiger charge is -2.60. The van der Waals surface area contributed by atoms with Gasteiger partial charge in [0.15, 0.2) is 31.4 Å². The van der Waals surface area contributed by atoms with Crippen molar-refractivity contribution in [3.05, 3.63) is 91.0 Å². The number of halogens is 2. The van der Waals surface area contributed by atoms with Crippen molar-refractivity contribution < 1.29 is 113 Å². The summed E-state index contributed by atoms with van der Waals surface area (Å²) in [6.07, 6.45) is 17.4. The van der Waals surface area contributed by atoms with Crippen LogP contribution in [-0.4, -0.2) is 132 Å². The average Bonchev–Trinajstić information content (AvgIpc) is 0.878. The number of ether oxygens (including phenoxy) is 9. The fourth-order valence-electron chi connectivity index (χ4n) is 17.4. The molecular formula is C96H160F2O22S2. The summed E-state index contributed by atoms with van der Waals surface area (Å²) in [5.74, 6) is -1.25. The number of cyclic esters (lactones) is 1. The van der Waals surface area contributed by atoms with Gasteiger partial charge in [-0.1, -0.05) is 177 Å². The number of hydrogen-bond acceptors (Lipinski definition) is 22. The van der Waals surface area contributed by atoms with Crippen molar-refractivity contribution in [3.8, 4) is 0 Å². The molecule has 22 nitrogen and oxygen atoms in total. The van der Waals surface area contributed by atoms with Gasteiger partial charge in [-0.05, 0) is 243 Å². The standard InChI is InChI=1S/C18H30O2.C18H15S.C16H22O6.C16H26O3.C10H16O4.C8H12F2O7S.10CH4/c1-5-17(3,4)16(19)20-18(6-2)14-8-12-7-13(10-14)11-15(18)9-12;1-4-10-16(11-5-1)19(17-12-6-2-7-13-17)18-14-8-3-9-15-18;1-4-16(2,3)15(19)20-7-11(17)21-12-8-5-9-10(6-8)14(18)22-13(9)12;1-4-14(2,3)13(17)19-16-8-11-5-12(9-16)7-15(18,6-11)10-16;1-4-10(2,3)9(12)14-7-5-6-13-8(7)11;1-3-5(2)6(11)16-4-17-7(12)8(9,10)18(13,14)15;;;;;;;;;;/h12-15H,5-11H2,1-4H3;1-15H;8-10,12-13H,4-7H2,1-3H3;11-12,18H,4-10H2,1-3H3;7H,4-6H2,1-3H3;5H,3-4H2,1-2H3,(H,13,14,15);10*1H4/q;+1;;;;;;;;;;;;;;/p-1. The summed E-state index contributed by atoms with van der Waals surface area (Å²) in [7, 11) is -6.19. The van der Waals surface area contributed by atoms with E-state index in [9.17, 15) is 70.0 Å². The highest BCUT2D eigenvalue weighted by atomic mass is 32.2. The third-order valence-corrected chi connectivity index (χ3v) is 28.4. The first-order chi connectivity index (χ1) is 52.5. The molecular weight excluding hydrogens is 1610 g/mol. The van der Waals surface area contributed by atoms with E-state index in [2.05, 4.69) is 114 Å². The van der Waals surface area contributed by atoms with Gasteiger partial charge in [-0.3, -0.25) is 28.8 Å². The molecule has 15 rings (SSSR count). The van der Waals surface area contributed by atoms with E-state index in [1.165, 1.54) is 60.1 Å². The number of fused-ring (bicyclic) bond motifs is 1. The van der Waals surface area contributed by atoms with Crippen molar-refractivity contribution in [2.45, 2.75) is 362 Å². The van der Waals surface area contributed by atoms with E-state index in [0.717, 1.165) is 69.6 Å². The summed E-state index contributed by atoms with van der Waals surface area (Å²) in [6.45, 7) is 27.1. The lowest BCUT2D eigenvalue weighted by atomic mass is 9.49. The van der Waals surface area contributed by atoms with E-state index in [1.807, 2.05) is 48.5 Å². The first-order valence-electron chi connectivity index (χ1n) is 40.2. The van der Waals surface area contributed by atoms with Gasteiger partial charge in [0.25, 0.3) is 0 Å². The molecule has 3 aromatic rings. The van der Waals surface area contributed by atoms with Crippen LogP contribution in [0.1, 0.15) is 307 Å². The van der Waals surface area contributed by atoms with Crippen molar-refractivity contribution in [2.24, 2.45) is 80.8 Å². The Bertz CT molecular complexity index is 3730. The number of alkyl halides is 2. The van der Waals surface area contributed by atoms with Gasteiger partial charge in [-0.15, -0.1) is 0 Å². The maximum atomic E-state index is 12.6. The van der Waals surface area contributed by atoms with Crippen LogP contribution < -0.4 is 0 Å². The molecule has 0 spiro atoms. The molecule has 0 amide bonds. The third-order valence-electron chi connectivity index (χ3n) is 25.4. The molecule has 12 aliphatic rings. The first-order valence-corrected chi connectivity index (χ1v) is 42.8. The molecule has 0 radical (unpaired) electrons. The van der Waals surface area contributed by atoms with Gasteiger partial charge in [-0.25, -0.2) is 22.8 Å².